The Bertz CT molecular complexity index is 141. The minimum absolute atomic E-state index is 0.0278. The van der Waals surface area contributed by atoms with Crippen LogP contribution in [0, 0.1) is 0 Å². The molecule has 0 radical (unpaired) electrons. The standard InChI is InChI=1S/C8H24N2Si2/c1-11(2,3)8(10,7-9)12(4,5)6/h7,9-10H2,1-6H3. The lowest BCUT2D eigenvalue weighted by atomic mass is 10.6. The van der Waals surface area contributed by atoms with Crippen LogP contribution in [0.15, 0.2) is 0 Å². The van der Waals surface area contributed by atoms with E-state index in [9.17, 15) is 0 Å². The Kier molecular flexibility index (Phi) is 3.35. The van der Waals surface area contributed by atoms with Crippen molar-refractivity contribution in [3.05, 3.63) is 0 Å². The van der Waals surface area contributed by atoms with Crippen LogP contribution in [-0.4, -0.2) is 27.5 Å². The second-order valence-corrected chi connectivity index (χ2v) is 17.0. The number of nitrogens with two attached hydrogens (primary N) is 2. The lowest BCUT2D eigenvalue weighted by molar-refractivity contribution is 0.750. The first-order valence-electron chi connectivity index (χ1n) is 4.55. The minimum atomic E-state index is -1.33. The van der Waals surface area contributed by atoms with Crippen LogP contribution in [0.2, 0.25) is 39.3 Å². The molecule has 0 fully saturated rings. The zero-order chi connectivity index (χ0) is 10.2. The van der Waals surface area contributed by atoms with Crippen LogP contribution < -0.4 is 11.5 Å². The zero-order valence-electron chi connectivity index (χ0n) is 9.36. The SMILES string of the molecule is C[Si](C)(C)C(N)(CN)[Si](C)(C)C. The molecule has 0 aromatic heterocycles. The molecule has 0 aromatic carbocycles. The average molecular weight is 204 g/mol. The lowest BCUT2D eigenvalue weighted by Crippen LogP contribution is -2.75. The topological polar surface area (TPSA) is 52.0 Å². The smallest absolute Gasteiger partial charge is 0.0650 e. The first-order chi connectivity index (χ1) is 5.06. The molecule has 74 valence electrons. The Hall–Kier alpha value is 0.354. The summed E-state index contributed by atoms with van der Waals surface area (Å²) in [6, 6.07) is 0. The molecule has 0 aliphatic rings. The highest BCUT2D eigenvalue weighted by atomic mass is 28.4. The normalized spacial score (nSPS) is 15.0. The van der Waals surface area contributed by atoms with Gasteiger partial charge in [0.15, 0.2) is 0 Å². The van der Waals surface area contributed by atoms with E-state index in [2.05, 4.69) is 39.3 Å². The fourth-order valence-corrected chi connectivity index (χ4v) is 12.0. The van der Waals surface area contributed by atoms with Crippen molar-refractivity contribution in [1.82, 2.24) is 0 Å². The summed E-state index contributed by atoms with van der Waals surface area (Å²) in [6.07, 6.45) is 0. The molecule has 0 aromatic rings. The molecule has 12 heavy (non-hydrogen) atoms. The molecule has 0 saturated carbocycles. The molecule has 4 heteroatoms. The van der Waals surface area contributed by atoms with Crippen molar-refractivity contribution in [1.29, 1.82) is 0 Å². The molecule has 0 atom stereocenters. The highest BCUT2D eigenvalue weighted by Crippen LogP contribution is 2.27. The van der Waals surface area contributed by atoms with E-state index in [1.807, 2.05) is 0 Å². The van der Waals surface area contributed by atoms with Crippen LogP contribution in [0.1, 0.15) is 0 Å². The molecule has 0 spiro atoms. The van der Waals surface area contributed by atoms with E-state index in [0.29, 0.717) is 6.54 Å². The van der Waals surface area contributed by atoms with E-state index in [4.69, 9.17) is 11.5 Å². The minimum Gasteiger partial charge on any atom is -0.329 e. The van der Waals surface area contributed by atoms with Crippen molar-refractivity contribution in [3.63, 3.8) is 0 Å². The molecule has 0 rings (SSSR count). The van der Waals surface area contributed by atoms with Crippen molar-refractivity contribution in [2.75, 3.05) is 6.54 Å². The van der Waals surface area contributed by atoms with Gasteiger partial charge >= 0.3 is 0 Å². The molecule has 0 saturated heterocycles. The van der Waals surface area contributed by atoms with Gasteiger partial charge in [0.25, 0.3) is 0 Å². The van der Waals surface area contributed by atoms with E-state index in [1.54, 1.807) is 0 Å². The summed E-state index contributed by atoms with van der Waals surface area (Å²) in [4.78, 5) is -0.0278. The van der Waals surface area contributed by atoms with Crippen LogP contribution in [0.5, 0.6) is 0 Å². The van der Waals surface area contributed by atoms with Crippen LogP contribution in [0.4, 0.5) is 0 Å². The first-order valence-corrected chi connectivity index (χ1v) is 11.6. The van der Waals surface area contributed by atoms with Gasteiger partial charge in [0, 0.05) is 11.3 Å². The van der Waals surface area contributed by atoms with E-state index in [0.717, 1.165) is 0 Å². The van der Waals surface area contributed by atoms with Gasteiger partial charge in [0.05, 0.1) is 16.1 Å². The van der Waals surface area contributed by atoms with Crippen LogP contribution in [0.3, 0.4) is 0 Å². The molecule has 0 amide bonds. The maximum atomic E-state index is 6.45. The first kappa shape index (κ1) is 12.4. The van der Waals surface area contributed by atoms with Gasteiger partial charge in [-0.05, 0) is 0 Å². The number of hydrogen-bond donors (Lipinski definition) is 2. The Morgan fingerprint density at radius 1 is 0.917 bits per heavy atom. The van der Waals surface area contributed by atoms with Crippen LogP contribution in [-0.2, 0) is 0 Å². The fourth-order valence-electron chi connectivity index (χ4n) is 1.74. The average Bonchev–Trinajstić information content (AvgIpc) is 1.81. The van der Waals surface area contributed by atoms with Crippen molar-refractivity contribution in [2.24, 2.45) is 11.5 Å². The van der Waals surface area contributed by atoms with E-state index < -0.39 is 16.1 Å². The van der Waals surface area contributed by atoms with Crippen molar-refractivity contribution >= 4 is 16.1 Å². The Balaban J connectivity index is 4.95. The van der Waals surface area contributed by atoms with Crippen molar-refractivity contribution in [3.8, 4) is 0 Å². The molecule has 0 heterocycles. The summed E-state index contributed by atoms with van der Waals surface area (Å²) in [5, 5.41) is 0. The lowest BCUT2D eigenvalue weighted by Gasteiger charge is -2.48. The summed E-state index contributed by atoms with van der Waals surface area (Å²) in [5.74, 6) is 0. The van der Waals surface area contributed by atoms with Crippen LogP contribution in [0.25, 0.3) is 0 Å². The molecule has 0 aliphatic heterocycles. The summed E-state index contributed by atoms with van der Waals surface area (Å²) in [5.41, 5.74) is 12.3. The molecule has 0 aliphatic carbocycles. The van der Waals surface area contributed by atoms with Crippen LogP contribution >= 0.6 is 0 Å². The monoisotopic (exact) mass is 204 g/mol. The molecular formula is C8H24N2Si2. The van der Waals surface area contributed by atoms with E-state index in [1.165, 1.54) is 0 Å². The summed E-state index contributed by atoms with van der Waals surface area (Å²) in [7, 11) is -2.66. The van der Waals surface area contributed by atoms with Gasteiger partial charge in [-0.25, -0.2) is 0 Å². The van der Waals surface area contributed by atoms with Crippen molar-refractivity contribution in [2.45, 2.75) is 44.1 Å². The van der Waals surface area contributed by atoms with Gasteiger partial charge in [0.2, 0.25) is 0 Å². The highest BCUT2D eigenvalue weighted by molar-refractivity contribution is 6.99. The summed E-state index contributed by atoms with van der Waals surface area (Å²) < 4.78 is 0. The Morgan fingerprint density at radius 2 is 1.17 bits per heavy atom. The summed E-state index contributed by atoms with van der Waals surface area (Å²) in [6.45, 7) is 14.6. The predicted octanol–water partition coefficient (Wildman–Crippen LogP) is 1.40. The van der Waals surface area contributed by atoms with Gasteiger partial charge in [-0.3, -0.25) is 0 Å². The van der Waals surface area contributed by atoms with Gasteiger partial charge in [-0.15, -0.1) is 0 Å². The number of rotatable bonds is 3. The van der Waals surface area contributed by atoms with Crippen molar-refractivity contribution < 1.29 is 0 Å². The molecule has 2 nitrogen and oxygen atoms in total. The fraction of sp³-hybridized carbons (Fsp3) is 1.00. The Labute approximate surface area is 78.7 Å². The molecular weight excluding hydrogens is 180 g/mol. The van der Waals surface area contributed by atoms with Gasteiger partial charge < -0.3 is 11.5 Å². The summed E-state index contributed by atoms with van der Waals surface area (Å²) >= 11 is 0. The largest absolute Gasteiger partial charge is 0.329 e. The Morgan fingerprint density at radius 3 is 1.17 bits per heavy atom. The van der Waals surface area contributed by atoms with Gasteiger partial charge in [-0.2, -0.15) is 0 Å². The third kappa shape index (κ3) is 1.99. The maximum absolute atomic E-state index is 6.45. The number of hydrogen-bond acceptors (Lipinski definition) is 2. The second-order valence-electron chi connectivity index (χ2n) is 5.68. The molecule has 4 N–H and O–H groups in total. The predicted molar refractivity (Wildman–Crippen MR) is 62.7 cm³/mol. The zero-order valence-corrected chi connectivity index (χ0v) is 11.4. The maximum Gasteiger partial charge on any atom is 0.0650 e. The molecule has 0 unspecified atom stereocenters. The van der Waals surface area contributed by atoms with Gasteiger partial charge in [-0.1, -0.05) is 39.3 Å². The second kappa shape index (κ2) is 3.25. The quantitative estimate of drug-likeness (QED) is 0.683. The van der Waals surface area contributed by atoms with E-state index >= 15 is 0 Å². The third-order valence-electron chi connectivity index (χ3n) is 3.00. The third-order valence-corrected chi connectivity index (χ3v) is 13.3. The van der Waals surface area contributed by atoms with E-state index in [-0.39, 0.29) is 4.79 Å². The highest BCUT2D eigenvalue weighted by Gasteiger charge is 2.48. The molecule has 0 bridgehead atoms. The van der Waals surface area contributed by atoms with Gasteiger partial charge in [0.1, 0.15) is 0 Å².